The highest BCUT2D eigenvalue weighted by atomic mass is 16.5. The molecule has 0 aromatic carbocycles. The zero-order valence-corrected chi connectivity index (χ0v) is 11.5. The molecule has 0 fully saturated rings. The molecule has 2 aromatic heterocycles. The molecule has 2 rings (SSSR count). The van der Waals surface area contributed by atoms with Gasteiger partial charge in [0.15, 0.2) is 0 Å². The zero-order valence-electron chi connectivity index (χ0n) is 11.5. The summed E-state index contributed by atoms with van der Waals surface area (Å²) in [6.07, 6.45) is 8.35. The highest BCUT2D eigenvalue weighted by molar-refractivity contribution is 5.56. The smallest absolute Gasteiger partial charge is 0.207 e. The van der Waals surface area contributed by atoms with Crippen molar-refractivity contribution in [3.8, 4) is 0 Å². The Hall–Kier alpha value is -1.88. The van der Waals surface area contributed by atoms with E-state index in [0.29, 0.717) is 0 Å². The van der Waals surface area contributed by atoms with Gasteiger partial charge < -0.3 is 14.6 Å². The molecule has 0 unspecified atom stereocenters. The molecule has 2 aromatic rings. The van der Waals surface area contributed by atoms with Gasteiger partial charge in [-0.25, -0.2) is 4.98 Å². The van der Waals surface area contributed by atoms with Crippen LogP contribution in [0.4, 0.5) is 11.6 Å². The van der Waals surface area contributed by atoms with Gasteiger partial charge in [-0.3, -0.25) is 4.98 Å². The third kappa shape index (κ3) is 3.79. The molecule has 0 saturated carbocycles. The molecule has 0 aliphatic rings. The summed E-state index contributed by atoms with van der Waals surface area (Å²) in [7, 11) is 0. The number of aromatic nitrogens is 3. The normalized spacial score (nSPS) is 10.6. The van der Waals surface area contributed by atoms with Gasteiger partial charge in [0.25, 0.3) is 0 Å². The third-order valence-corrected chi connectivity index (χ3v) is 2.89. The molecule has 0 atom stereocenters. The Kier molecular flexibility index (Phi) is 4.92. The number of pyridine rings is 1. The van der Waals surface area contributed by atoms with Gasteiger partial charge in [-0.1, -0.05) is 0 Å². The number of nitrogens with zero attached hydrogens (tertiary/aromatic N) is 3. The van der Waals surface area contributed by atoms with E-state index in [4.69, 9.17) is 4.74 Å². The fraction of sp³-hybridized carbons (Fsp3) is 0.429. The number of hydrogen-bond acceptors (Lipinski definition) is 4. The zero-order chi connectivity index (χ0) is 13.5. The molecule has 2 heterocycles. The standard InChI is InChI=1S/C14H20N4O/c1-3-19-10-4-8-18-9-7-16-14(18)17-13-11-15-6-5-12(13)2/h5-7,9,11H,3-4,8,10H2,1-2H3,(H,16,17). The molecule has 5 heteroatoms. The summed E-state index contributed by atoms with van der Waals surface area (Å²) in [5.74, 6) is 0.840. The first-order valence-corrected chi connectivity index (χ1v) is 6.57. The number of anilines is 2. The van der Waals surface area contributed by atoms with Crippen molar-refractivity contribution >= 4 is 11.6 Å². The Morgan fingerprint density at radius 3 is 3.05 bits per heavy atom. The Labute approximate surface area is 113 Å². The lowest BCUT2D eigenvalue weighted by molar-refractivity contribution is 0.142. The molecule has 0 saturated heterocycles. The van der Waals surface area contributed by atoms with Crippen molar-refractivity contribution in [2.45, 2.75) is 26.8 Å². The minimum Gasteiger partial charge on any atom is -0.382 e. The second-order valence-corrected chi connectivity index (χ2v) is 4.31. The minimum absolute atomic E-state index is 0.768. The molecule has 1 N–H and O–H groups in total. The summed E-state index contributed by atoms with van der Waals surface area (Å²) in [5.41, 5.74) is 2.14. The van der Waals surface area contributed by atoms with E-state index in [1.54, 1.807) is 12.4 Å². The molecule has 5 nitrogen and oxygen atoms in total. The van der Waals surface area contributed by atoms with Crippen LogP contribution in [0.25, 0.3) is 0 Å². The molecule has 0 spiro atoms. The Bertz CT molecular complexity index is 510. The minimum atomic E-state index is 0.768. The van der Waals surface area contributed by atoms with Crippen LogP contribution in [0.5, 0.6) is 0 Å². The first-order chi connectivity index (χ1) is 9.31. The number of ether oxygens (including phenoxy) is 1. The van der Waals surface area contributed by atoms with Crippen molar-refractivity contribution in [2.24, 2.45) is 0 Å². The van der Waals surface area contributed by atoms with Crippen molar-refractivity contribution in [2.75, 3.05) is 18.5 Å². The van der Waals surface area contributed by atoms with Crippen LogP contribution in [0.2, 0.25) is 0 Å². The monoisotopic (exact) mass is 260 g/mol. The van der Waals surface area contributed by atoms with Crippen molar-refractivity contribution in [1.29, 1.82) is 0 Å². The molecule has 0 aliphatic heterocycles. The van der Waals surface area contributed by atoms with Crippen molar-refractivity contribution in [3.05, 3.63) is 36.4 Å². The third-order valence-electron chi connectivity index (χ3n) is 2.89. The van der Waals surface area contributed by atoms with E-state index in [1.165, 1.54) is 0 Å². The van der Waals surface area contributed by atoms with Crippen LogP contribution < -0.4 is 5.32 Å². The van der Waals surface area contributed by atoms with E-state index in [0.717, 1.165) is 43.4 Å². The van der Waals surface area contributed by atoms with Crippen molar-refractivity contribution in [3.63, 3.8) is 0 Å². The maximum atomic E-state index is 5.34. The van der Waals surface area contributed by atoms with Crippen LogP contribution in [0, 0.1) is 6.92 Å². The van der Waals surface area contributed by atoms with Crippen LogP contribution >= 0.6 is 0 Å². The predicted octanol–water partition coefficient (Wildman–Crippen LogP) is 2.76. The van der Waals surface area contributed by atoms with E-state index in [2.05, 4.69) is 19.9 Å². The lowest BCUT2D eigenvalue weighted by atomic mass is 10.2. The van der Waals surface area contributed by atoms with E-state index >= 15 is 0 Å². The summed E-state index contributed by atoms with van der Waals surface area (Å²) in [4.78, 5) is 8.46. The molecule has 0 aliphatic carbocycles. The van der Waals surface area contributed by atoms with Gasteiger partial charge in [-0.2, -0.15) is 0 Å². The van der Waals surface area contributed by atoms with E-state index in [9.17, 15) is 0 Å². The van der Waals surface area contributed by atoms with Gasteiger partial charge in [-0.05, 0) is 31.9 Å². The highest BCUT2D eigenvalue weighted by Crippen LogP contribution is 2.17. The Morgan fingerprint density at radius 1 is 1.37 bits per heavy atom. The van der Waals surface area contributed by atoms with Crippen LogP contribution in [0.1, 0.15) is 18.9 Å². The number of aryl methyl sites for hydroxylation is 2. The largest absolute Gasteiger partial charge is 0.382 e. The van der Waals surface area contributed by atoms with Gasteiger partial charge in [0.2, 0.25) is 5.95 Å². The van der Waals surface area contributed by atoms with Crippen molar-refractivity contribution < 1.29 is 4.74 Å². The SMILES string of the molecule is CCOCCCn1ccnc1Nc1cnccc1C. The van der Waals surface area contributed by atoms with Crippen LogP contribution in [0.15, 0.2) is 30.9 Å². The fourth-order valence-corrected chi connectivity index (χ4v) is 1.81. The second-order valence-electron chi connectivity index (χ2n) is 4.31. The Balaban J connectivity index is 1.98. The fourth-order valence-electron chi connectivity index (χ4n) is 1.81. The highest BCUT2D eigenvalue weighted by Gasteiger charge is 2.04. The lowest BCUT2D eigenvalue weighted by Crippen LogP contribution is -2.06. The molecule has 19 heavy (non-hydrogen) atoms. The quantitative estimate of drug-likeness (QED) is 0.778. The average Bonchev–Trinajstić information content (AvgIpc) is 2.85. The summed E-state index contributed by atoms with van der Waals surface area (Å²) in [6.45, 7) is 6.49. The lowest BCUT2D eigenvalue weighted by Gasteiger charge is -2.11. The molecule has 102 valence electrons. The van der Waals surface area contributed by atoms with Gasteiger partial charge in [0, 0.05) is 38.3 Å². The molecule has 0 radical (unpaired) electrons. The molecular weight excluding hydrogens is 240 g/mol. The first-order valence-electron chi connectivity index (χ1n) is 6.57. The van der Waals surface area contributed by atoms with E-state index in [1.807, 2.05) is 32.3 Å². The van der Waals surface area contributed by atoms with Crippen LogP contribution in [-0.4, -0.2) is 27.7 Å². The molecule has 0 bridgehead atoms. The van der Waals surface area contributed by atoms with Gasteiger partial charge in [-0.15, -0.1) is 0 Å². The number of hydrogen-bond donors (Lipinski definition) is 1. The van der Waals surface area contributed by atoms with Crippen LogP contribution in [0.3, 0.4) is 0 Å². The molecular formula is C14H20N4O. The van der Waals surface area contributed by atoms with Crippen molar-refractivity contribution in [1.82, 2.24) is 14.5 Å². The maximum absolute atomic E-state index is 5.34. The summed E-state index contributed by atoms with van der Waals surface area (Å²) < 4.78 is 7.43. The van der Waals surface area contributed by atoms with E-state index in [-0.39, 0.29) is 0 Å². The van der Waals surface area contributed by atoms with Gasteiger partial charge in [0.05, 0.1) is 11.9 Å². The Morgan fingerprint density at radius 2 is 2.26 bits per heavy atom. The average molecular weight is 260 g/mol. The predicted molar refractivity (Wildman–Crippen MR) is 75.6 cm³/mol. The first kappa shape index (κ1) is 13.5. The van der Waals surface area contributed by atoms with Crippen LogP contribution in [-0.2, 0) is 11.3 Å². The number of rotatable bonds is 7. The van der Waals surface area contributed by atoms with Gasteiger partial charge in [0.1, 0.15) is 0 Å². The van der Waals surface area contributed by atoms with E-state index < -0.39 is 0 Å². The molecule has 0 amide bonds. The maximum Gasteiger partial charge on any atom is 0.207 e. The second kappa shape index (κ2) is 6.89. The topological polar surface area (TPSA) is 52.0 Å². The summed E-state index contributed by atoms with van der Waals surface area (Å²) in [6, 6.07) is 1.98. The number of imidazole rings is 1. The summed E-state index contributed by atoms with van der Waals surface area (Å²) >= 11 is 0. The van der Waals surface area contributed by atoms with Gasteiger partial charge >= 0.3 is 0 Å². The number of nitrogens with one attached hydrogen (secondary N) is 1. The summed E-state index contributed by atoms with van der Waals surface area (Å²) in [5, 5.41) is 3.31.